The molecule has 3 N–H and O–H groups in total. The molecule has 0 unspecified atom stereocenters. The van der Waals surface area contributed by atoms with Gasteiger partial charge in [-0.1, -0.05) is 31.9 Å². The molecule has 0 amide bonds. The second-order valence-corrected chi connectivity index (χ2v) is 8.80. The third-order valence-corrected chi connectivity index (χ3v) is 5.15. The molecule has 0 aliphatic rings. The molecule has 0 spiro atoms. The molecule has 0 saturated carbocycles. The number of nitrogens with two attached hydrogens (primary N) is 1. The van der Waals surface area contributed by atoms with Crippen molar-refractivity contribution in [3.63, 3.8) is 0 Å². The van der Waals surface area contributed by atoms with Gasteiger partial charge in [0.15, 0.2) is 5.65 Å². The Balaban J connectivity index is 1.99. The molecule has 0 aliphatic heterocycles. The van der Waals surface area contributed by atoms with Crippen LogP contribution in [0.15, 0.2) is 30.6 Å². The third kappa shape index (κ3) is 3.86. The van der Waals surface area contributed by atoms with Crippen molar-refractivity contribution in [3.8, 4) is 17.1 Å². The number of anilines is 1. The molecule has 0 radical (unpaired) electrons. The van der Waals surface area contributed by atoms with E-state index in [9.17, 15) is 9.90 Å². The number of nitrogens with zero attached hydrogens (tertiary/aromatic N) is 5. The quantitative estimate of drug-likeness (QED) is 0.435. The van der Waals surface area contributed by atoms with Gasteiger partial charge in [0.25, 0.3) is 0 Å². The van der Waals surface area contributed by atoms with Crippen LogP contribution in [0, 0.1) is 0 Å². The summed E-state index contributed by atoms with van der Waals surface area (Å²) in [4.78, 5) is 21.8. The van der Waals surface area contributed by atoms with Crippen molar-refractivity contribution in [1.82, 2.24) is 24.3 Å². The number of hydrogen-bond acceptors (Lipinski definition) is 7. The van der Waals surface area contributed by atoms with Crippen LogP contribution in [0.5, 0.6) is 5.75 Å². The number of nitrogen functional groups attached to an aromatic ring is 1. The van der Waals surface area contributed by atoms with Crippen LogP contribution in [0.4, 0.5) is 10.6 Å². The predicted molar refractivity (Wildman–Crippen MR) is 123 cm³/mol. The molecule has 3 aromatic heterocycles. The summed E-state index contributed by atoms with van der Waals surface area (Å²) in [6.07, 6.45) is 3.87. The lowest BCUT2D eigenvalue weighted by atomic mass is 10.2. The summed E-state index contributed by atoms with van der Waals surface area (Å²) in [6, 6.07) is 6.87. The number of aromatic hydroxyl groups is 1. The highest BCUT2D eigenvalue weighted by Crippen LogP contribution is 2.37. The molecule has 0 fully saturated rings. The molecule has 1 aromatic carbocycles. The number of aryl methyl sites for hydroxylation is 1. The van der Waals surface area contributed by atoms with E-state index in [1.165, 1.54) is 17.0 Å². The van der Waals surface area contributed by atoms with Crippen LogP contribution in [-0.2, 0) is 11.3 Å². The number of phenols is 1. The first-order chi connectivity index (χ1) is 15.2. The van der Waals surface area contributed by atoms with Crippen LogP contribution < -0.4 is 5.73 Å². The maximum absolute atomic E-state index is 13.3. The zero-order chi connectivity index (χ0) is 23.0. The summed E-state index contributed by atoms with van der Waals surface area (Å²) in [5.74, 6) is 0.243. The Labute approximate surface area is 185 Å². The molecule has 32 heavy (non-hydrogen) atoms. The topological polar surface area (TPSA) is 121 Å². The number of carbonyl (C=O) groups is 1. The molecule has 168 valence electrons. The molecule has 0 saturated heterocycles. The number of hydrogen-bond donors (Lipinski definition) is 2. The number of para-hydroxylation sites is 1. The van der Waals surface area contributed by atoms with Crippen molar-refractivity contribution < 1.29 is 14.6 Å². The van der Waals surface area contributed by atoms with Gasteiger partial charge in [0.05, 0.1) is 11.1 Å². The van der Waals surface area contributed by atoms with Gasteiger partial charge >= 0.3 is 6.09 Å². The van der Waals surface area contributed by atoms with Crippen molar-refractivity contribution in [2.24, 2.45) is 0 Å². The first kappa shape index (κ1) is 21.6. The first-order valence-corrected chi connectivity index (χ1v) is 10.8. The minimum atomic E-state index is -0.723. The Morgan fingerprint density at radius 1 is 1.22 bits per heavy atom. The number of phenolic OH excluding ortho intramolecular Hbond substituents is 1. The van der Waals surface area contributed by atoms with Crippen LogP contribution in [0.25, 0.3) is 33.3 Å². The average Bonchev–Trinajstić information content (AvgIpc) is 3.27. The second-order valence-electron chi connectivity index (χ2n) is 8.80. The van der Waals surface area contributed by atoms with Crippen molar-refractivity contribution >= 4 is 33.8 Å². The van der Waals surface area contributed by atoms with Crippen LogP contribution in [0.1, 0.15) is 47.0 Å². The predicted octanol–water partition coefficient (Wildman–Crippen LogP) is 4.71. The van der Waals surface area contributed by atoms with E-state index >= 15 is 0 Å². The van der Waals surface area contributed by atoms with E-state index in [0.717, 1.165) is 19.3 Å². The number of ether oxygens (including phenoxy) is 1. The van der Waals surface area contributed by atoms with Gasteiger partial charge in [-0.3, -0.25) is 0 Å². The summed E-state index contributed by atoms with van der Waals surface area (Å²) in [5, 5.41) is 16.6. The highest BCUT2D eigenvalue weighted by molar-refractivity contribution is 6.04. The van der Waals surface area contributed by atoms with E-state index in [4.69, 9.17) is 15.6 Å². The summed E-state index contributed by atoms with van der Waals surface area (Å²) >= 11 is 0. The van der Waals surface area contributed by atoms with Crippen molar-refractivity contribution in [3.05, 3.63) is 30.6 Å². The molecular formula is C23H28N6O3. The van der Waals surface area contributed by atoms with E-state index in [1.54, 1.807) is 37.6 Å². The number of unbranched alkanes of at least 4 members (excludes halogenated alkanes) is 2. The Morgan fingerprint density at radius 2 is 2.00 bits per heavy atom. The van der Waals surface area contributed by atoms with Crippen molar-refractivity contribution in [2.75, 3.05) is 5.73 Å². The summed E-state index contributed by atoms with van der Waals surface area (Å²) < 4.78 is 8.80. The zero-order valence-electron chi connectivity index (χ0n) is 18.8. The fourth-order valence-corrected chi connectivity index (χ4v) is 3.79. The number of fused-ring (bicyclic) bond motifs is 2. The lowest BCUT2D eigenvalue weighted by Gasteiger charge is -2.21. The van der Waals surface area contributed by atoms with E-state index in [0.29, 0.717) is 39.9 Å². The van der Waals surface area contributed by atoms with Crippen LogP contribution in [-0.4, -0.2) is 41.1 Å². The van der Waals surface area contributed by atoms with Gasteiger partial charge in [-0.2, -0.15) is 5.10 Å². The largest absolute Gasteiger partial charge is 0.506 e. The molecule has 0 aliphatic carbocycles. The fourth-order valence-electron chi connectivity index (χ4n) is 3.79. The minimum absolute atomic E-state index is 0.0319. The van der Waals surface area contributed by atoms with Gasteiger partial charge in [0.1, 0.15) is 34.7 Å². The van der Waals surface area contributed by atoms with Gasteiger partial charge in [-0.05, 0) is 39.3 Å². The van der Waals surface area contributed by atoms with Crippen molar-refractivity contribution in [2.45, 2.75) is 59.1 Å². The molecule has 0 atom stereocenters. The first-order valence-electron chi connectivity index (χ1n) is 10.8. The summed E-state index contributed by atoms with van der Waals surface area (Å²) in [6.45, 7) is 8.18. The van der Waals surface area contributed by atoms with E-state index in [1.807, 2.05) is 6.07 Å². The van der Waals surface area contributed by atoms with Crippen molar-refractivity contribution in [1.29, 1.82) is 0 Å². The Morgan fingerprint density at radius 3 is 2.72 bits per heavy atom. The number of benzene rings is 1. The number of aromatic nitrogens is 5. The van der Waals surface area contributed by atoms with Gasteiger partial charge < -0.3 is 15.6 Å². The second kappa shape index (κ2) is 8.14. The summed E-state index contributed by atoms with van der Waals surface area (Å²) in [7, 11) is 0. The standard InChI is InChI=1S/C23H28N6O3/c1-5-6-7-11-28-21-17(20(24)25-13-26-21)18(27-28)15-12-14-9-8-10-16(30)19(14)29(15)22(31)32-23(2,3)4/h8-10,12-13,30H,5-7,11H2,1-4H3,(H2,24,25,26). The molecule has 4 aromatic rings. The molecule has 9 nitrogen and oxygen atoms in total. The SMILES string of the molecule is CCCCCn1nc(-c2cc3cccc(O)c3n2C(=O)OC(C)(C)C)c2c(N)ncnc21. The number of carbonyl (C=O) groups excluding carboxylic acids is 1. The molecular weight excluding hydrogens is 408 g/mol. The fraction of sp³-hybridized carbons (Fsp3) is 0.391. The molecule has 4 rings (SSSR count). The van der Waals surface area contributed by atoms with E-state index < -0.39 is 11.7 Å². The van der Waals surface area contributed by atoms with Crippen LogP contribution >= 0.6 is 0 Å². The highest BCUT2D eigenvalue weighted by atomic mass is 16.6. The van der Waals surface area contributed by atoms with E-state index in [2.05, 4.69) is 16.9 Å². The smallest absolute Gasteiger partial charge is 0.419 e. The monoisotopic (exact) mass is 436 g/mol. The molecule has 9 heteroatoms. The zero-order valence-corrected chi connectivity index (χ0v) is 18.8. The minimum Gasteiger partial charge on any atom is -0.506 e. The maximum Gasteiger partial charge on any atom is 0.419 e. The van der Waals surface area contributed by atoms with Gasteiger partial charge in [0, 0.05) is 11.9 Å². The van der Waals surface area contributed by atoms with Crippen LogP contribution in [0.2, 0.25) is 0 Å². The van der Waals surface area contributed by atoms with Crippen LogP contribution in [0.3, 0.4) is 0 Å². The third-order valence-electron chi connectivity index (χ3n) is 5.15. The molecule has 0 bridgehead atoms. The van der Waals surface area contributed by atoms with E-state index in [-0.39, 0.29) is 11.6 Å². The lowest BCUT2D eigenvalue weighted by Crippen LogP contribution is -2.27. The normalized spacial score (nSPS) is 12.0. The molecule has 3 heterocycles. The van der Waals surface area contributed by atoms with Gasteiger partial charge in [0.2, 0.25) is 0 Å². The maximum atomic E-state index is 13.3. The average molecular weight is 437 g/mol. The Hall–Kier alpha value is -3.62. The van der Waals surface area contributed by atoms with Gasteiger partial charge in [-0.15, -0.1) is 0 Å². The summed E-state index contributed by atoms with van der Waals surface area (Å²) in [5.41, 5.74) is 7.39. The highest BCUT2D eigenvalue weighted by Gasteiger charge is 2.27. The Bertz CT molecular complexity index is 1300. The lowest BCUT2D eigenvalue weighted by molar-refractivity contribution is 0.0546. The Kier molecular flexibility index (Phi) is 5.50. The van der Waals surface area contributed by atoms with Gasteiger partial charge in [-0.25, -0.2) is 24.0 Å². The number of rotatable bonds is 5.